The number of aromatic nitrogens is 3. The maximum Gasteiger partial charge on any atom is 0.119 e. The summed E-state index contributed by atoms with van der Waals surface area (Å²) in [4.78, 5) is 1.04. The van der Waals surface area contributed by atoms with Crippen molar-refractivity contribution in [3.05, 3.63) is 62.6 Å². The number of piperidine rings is 1. The molecule has 2 fully saturated rings. The molecule has 0 bridgehead atoms. The highest BCUT2D eigenvalue weighted by Crippen LogP contribution is 2.51. The molecule has 3 aliphatic heterocycles. The van der Waals surface area contributed by atoms with Crippen LogP contribution in [0.25, 0.3) is 0 Å². The molecule has 2 saturated heterocycles. The van der Waals surface area contributed by atoms with E-state index in [1.165, 1.54) is 11.3 Å². The fourth-order valence-electron chi connectivity index (χ4n) is 5.63. The second-order valence-electron chi connectivity index (χ2n) is 10.1. The van der Waals surface area contributed by atoms with E-state index in [1.54, 1.807) is 0 Å². The molecule has 1 aromatic carbocycles. The van der Waals surface area contributed by atoms with Gasteiger partial charge >= 0.3 is 0 Å². The van der Waals surface area contributed by atoms with E-state index in [1.807, 2.05) is 29.1 Å². The second-order valence-corrected chi connectivity index (χ2v) is 11.8. The molecule has 0 saturated carbocycles. The molecule has 3 aromatic rings. The number of benzene rings is 1. The van der Waals surface area contributed by atoms with E-state index in [9.17, 15) is 5.11 Å². The number of nitrogens with zero attached hydrogens (tertiary/aromatic N) is 3. The normalized spacial score (nSPS) is 28.8. The molecule has 3 aliphatic rings. The lowest BCUT2D eigenvalue weighted by Gasteiger charge is -2.46. The predicted octanol–water partition coefficient (Wildman–Crippen LogP) is 4.37. The van der Waals surface area contributed by atoms with E-state index in [0.717, 1.165) is 59.9 Å². The number of fused-ring (bicyclic) bond motifs is 2. The van der Waals surface area contributed by atoms with Gasteiger partial charge in [-0.1, -0.05) is 28.9 Å². The fourth-order valence-corrected chi connectivity index (χ4v) is 7.08. The van der Waals surface area contributed by atoms with Gasteiger partial charge in [-0.25, -0.2) is 4.68 Å². The summed E-state index contributed by atoms with van der Waals surface area (Å²) in [6, 6.07) is 10.3. The first-order chi connectivity index (χ1) is 17.5. The number of aliphatic hydroxyl groups excluding tert-OH is 1. The quantitative estimate of drug-likeness (QED) is 0.506. The molecule has 192 valence electrons. The fraction of sp³-hybridized carbons (Fsp3) is 0.538. The molecule has 5 heterocycles. The van der Waals surface area contributed by atoms with Crippen LogP contribution >= 0.6 is 22.9 Å². The van der Waals surface area contributed by atoms with Crippen molar-refractivity contribution in [3.63, 3.8) is 0 Å². The summed E-state index contributed by atoms with van der Waals surface area (Å²) in [5.74, 6) is 0.890. The van der Waals surface area contributed by atoms with Crippen LogP contribution in [0.15, 0.2) is 36.5 Å². The Hall–Kier alpha value is -2.01. The summed E-state index contributed by atoms with van der Waals surface area (Å²) in [7, 11) is 0. The van der Waals surface area contributed by atoms with E-state index in [0.29, 0.717) is 17.3 Å². The van der Waals surface area contributed by atoms with E-state index in [4.69, 9.17) is 25.8 Å². The Morgan fingerprint density at radius 3 is 2.86 bits per heavy atom. The van der Waals surface area contributed by atoms with Crippen LogP contribution in [0.5, 0.6) is 5.75 Å². The maximum absolute atomic E-state index is 10.4. The van der Waals surface area contributed by atoms with Gasteiger partial charge in [0.1, 0.15) is 23.6 Å². The molecule has 0 unspecified atom stereocenters. The monoisotopic (exact) mass is 530 g/mol. The van der Waals surface area contributed by atoms with Gasteiger partial charge in [0.05, 0.1) is 48.6 Å². The summed E-state index contributed by atoms with van der Waals surface area (Å²) in [5.41, 5.74) is 2.44. The minimum atomic E-state index is -0.632. The number of halogens is 1. The number of thiophene rings is 1. The molecular formula is C26H31ClN4O4S. The molecule has 0 radical (unpaired) electrons. The second kappa shape index (κ2) is 10.0. The third kappa shape index (κ3) is 4.92. The molecule has 2 aromatic heterocycles. The van der Waals surface area contributed by atoms with Crippen LogP contribution in [0.3, 0.4) is 0 Å². The first-order valence-corrected chi connectivity index (χ1v) is 13.8. The number of hydrogen-bond acceptors (Lipinski definition) is 8. The predicted molar refractivity (Wildman–Crippen MR) is 137 cm³/mol. The molecule has 8 nitrogen and oxygen atoms in total. The maximum atomic E-state index is 10.4. The molecule has 2 N–H and O–H groups in total. The Morgan fingerprint density at radius 2 is 2.06 bits per heavy atom. The van der Waals surface area contributed by atoms with E-state index >= 15 is 0 Å². The van der Waals surface area contributed by atoms with Gasteiger partial charge in [-0.3, -0.25) is 0 Å². The minimum Gasteiger partial charge on any atom is -0.490 e. The Bertz CT molecular complexity index is 1200. The number of nitrogens with one attached hydrogen (secondary N) is 1. The van der Waals surface area contributed by atoms with E-state index in [2.05, 4.69) is 34.7 Å². The summed E-state index contributed by atoms with van der Waals surface area (Å²) < 4.78 is 20.4. The van der Waals surface area contributed by atoms with Gasteiger partial charge in [0.25, 0.3) is 0 Å². The molecule has 36 heavy (non-hydrogen) atoms. The van der Waals surface area contributed by atoms with Crippen LogP contribution in [-0.2, 0) is 21.6 Å². The zero-order valence-corrected chi connectivity index (χ0v) is 21.8. The van der Waals surface area contributed by atoms with Crippen LogP contribution in [0.4, 0.5) is 0 Å². The smallest absolute Gasteiger partial charge is 0.119 e. The van der Waals surface area contributed by atoms with Crippen molar-refractivity contribution in [2.75, 3.05) is 19.8 Å². The Balaban J connectivity index is 1.15. The van der Waals surface area contributed by atoms with Gasteiger partial charge in [0, 0.05) is 35.7 Å². The summed E-state index contributed by atoms with van der Waals surface area (Å²) in [6.45, 7) is 4.60. The van der Waals surface area contributed by atoms with Gasteiger partial charge in [0.2, 0.25) is 0 Å². The standard InChI is InChI=1S/C26H31ClN4O4S/c1-16-11-26(25-20(10-24(27)36-25)23(32)15-34-26)12-21(28-16)22-14-31(30-29-22)13-17-2-4-18(5-3-17)35-19-6-8-33-9-7-19/h2-5,10,14,16,19,21,23,28,32H,6-9,11-13,15H2,1H3/t16-,21-,23+,26-/m0/s1. The number of hydrogen-bond donors (Lipinski definition) is 2. The highest BCUT2D eigenvalue weighted by Gasteiger charge is 2.48. The summed E-state index contributed by atoms with van der Waals surface area (Å²) >= 11 is 7.86. The summed E-state index contributed by atoms with van der Waals surface area (Å²) in [6.07, 6.45) is 5.01. The van der Waals surface area contributed by atoms with Crippen LogP contribution in [0.2, 0.25) is 4.34 Å². The first-order valence-electron chi connectivity index (χ1n) is 12.6. The van der Waals surface area contributed by atoms with Gasteiger partial charge in [-0.2, -0.15) is 0 Å². The van der Waals surface area contributed by atoms with Gasteiger partial charge in [0.15, 0.2) is 0 Å². The SMILES string of the molecule is C[C@H]1C[C@@]2(C[C@@H](c3cn(Cc4ccc(OC5CCOCC5)cc4)nn3)N1)OC[C@@H](O)c1cc(Cl)sc12. The molecule has 10 heteroatoms. The Morgan fingerprint density at radius 1 is 1.25 bits per heavy atom. The lowest BCUT2D eigenvalue weighted by Crippen LogP contribution is -2.50. The average molecular weight is 531 g/mol. The van der Waals surface area contributed by atoms with Crippen molar-refractivity contribution in [1.29, 1.82) is 0 Å². The third-order valence-electron chi connectivity index (χ3n) is 7.33. The highest BCUT2D eigenvalue weighted by atomic mass is 35.5. The van der Waals surface area contributed by atoms with Crippen molar-refractivity contribution >= 4 is 22.9 Å². The minimum absolute atomic E-state index is 0.0123. The van der Waals surface area contributed by atoms with Crippen molar-refractivity contribution in [2.24, 2.45) is 0 Å². The molecule has 0 aliphatic carbocycles. The zero-order valence-electron chi connectivity index (χ0n) is 20.2. The number of rotatable bonds is 5. The molecule has 6 rings (SSSR count). The van der Waals surface area contributed by atoms with Crippen molar-refractivity contribution in [3.8, 4) is 5.75 Å². The van der Waals surface area contributed by atoms with Crippen molar-refractivity contribution in [2.45, 2.75) is 69.0 Å². The Kier molecular flexibility index (Phi) is 6.79. The highest BCUT2D eigenvalue weighted by molar-refractivity contribution is 7.16. The molecule has 4 atom stereocenters. The molecule has 1 spiro atoms. The lowest BCUT2D eigenvalue weighted by atomic mass is 9.79. The van der Waals surface area contributed by atoms with E-state index in [-0.39, 0.29) is 24.8 Å². The van der Waals surface area contributed by atoms with Crippen LogP contribution in [0.1, 0.15) is 66.5 Å². The molecular weight excluding hydrogens is 500 g/mol. The van der Waals surface area contributed by atoms with Gasteiger partial charge < -0.3 is 24.6 Å². The van der Waals surface area contributed by atoms with Crippen LogP contribution in [0, 0.1) is 0 Å². The van der Waals surface area contributed by atoms with Crippen LogP contribution < -0.4 is 10.1 Å². The van der Waals surface area contributed by atoms with Gasteiger partial charge in [-0.05, 0) is 37.1 Å². The zero-order chi connectivity index (χ0) is 24.7. The Labute approximate surface area is 219 Å². The lowest BCUT2D eigenvalue weighted by molar-refractivity contribution is -0.129. The van der Waals surface area contributed by atoms with Crippen molar-refractivity contribution < 1.29 is 19.3 Å². The first kappa shape index (κ1) is 24.3. The summed E-state index contributed by atoms with van der Waals surface area (Å²) in [5, 5.41) is 23.0. The largest absolute Gasteiger partial charge is 0.490 e. The van der Waals surface area contributed by atoms with Crippen molar-refractivity contribution in [1.82, 2.24) is 20.3 Å². The number of ether oxygens (including phenoxy) is 3. The average Bonchev–Trinajstić information content (AvgIpc) is 3.51. The van der Waals surface area contributed by atoms with Gasteiger partial charge in [-0.15, -0.1) is 16.4 Å². The topological polar surface area (TPSA) is 90.7 Å². The van der Waals surface area contributed by atoms with E-state index < -0.39 is 11.7 Å². The van der Waals surface area contributed by atoms with Crippen LogP contribution in [-0.4, -0.2) is 52.1 Å². The molecule has 0 amide bonds. The third-order valence-corrected chi connectivity index (χ3v) is 8.79. The number of aliphatic hydroxyl groups is 1.